The molecule has 4 aromatic heterocycles. The van der Waals surface area contributed by atoms with Gasteiger partial charge in [-0.25, -0.2) is 4.98 Å². The van der Waals surface area contributed by atoms with Crippen molar-refractivity contribution < 1.29 is 0 Å². The van der Waals surface area contributed by atoms with Crippen molar-refractivity contribution in [1.82, 2.24) is 19.5 Å². The van der Waals surface area contributed by atoms with E-state index >= 15 is 0 Å². The summed E-state index contributed by atoms with van der Waals surface area (Å²) in [5.41, 5.74) is 6.34. The summed E-state index contributed by atoms with van der Waals surface area (Å²) in [6, 6.07) is 12.3. The largest absolute Gasteiger partial charge is 0.304 e. The van der Waals surface area contributed by atoms with Crippen molar-refractivity contribution in [2.75, 3.05) is 0 Å². The normalized spacial score (nSPS) is 12.1. The van der Waals surface area contributed by atoms with Gasteiger partial charge in [0.25, 0.3) is 0 Å². The lowest BCUT2D eigenvalue weighted by molar-refractivity contribution is 0.407. The molecule has 0 aliphatic carbocycles. The van der Waals surface area contributed by atoms with E-state index in [2.05, 4.69) is 59.6 Å². The van der Waals surface area contributed by atoms with Crippen molar-refractivity contribution >= 4 is 22.1 Å². The Balaban J connectivity index is 2.02. The predicted molar refractivity (Wildman–Crippen MR) is 97.3 cm³/mol. The lowest BCUT2D eigenvalue weighted by atomic mass is 9.90. The summed E-state index contributed by atoms with van der Waals surface area (Å²) in [7, 11) is 0. The molecule has 0 radical (unpaired) electrons. The number of fused-ring (bicyclic) bond motifs is 3. The molecule has 4 heteroatoms. The van der Waals surface area contributed by atoms with E-state index in [0.717, 1.165) is 39.9 Å². The molecule has 4 rings (SSSR count). The van der Waals surface area contributed by atoms with Crippen LogP contribution in [0.1, 0.15) is 26.5 Å². The standard InChI is InChI=1S/C20H20N4/c1-20(2,3)12-14-8-9-17-19(23-14)18-16(7-5-11-22-18)24(17)15-6-4-10-21-13-15/h4-11,13H,12H2,1-3H3. The van der Waals surface area contributed by atoms with Crippen molar-refractivity contribution in [2.45, 2.75) is 27.2 Å². The van der Waals surface area contributed by atoms with Crippen LogP contribution in [0.15, 0.2) is 55.0 Å². The summed E-state index contributed by atoms with van der Waals surface area (Å²) < 4.78 is 2.18. The topological polar surface area (TPSA) is 43.6 Å². The third-order valence-corrected chi connectivity index (χ3v) is 4.04. The molecule has 4 heterocycles. The van der Waals surface area contributed by atoms with Gasteiger partial charge in [0.15, 0.2) is 0 Å². The van der Waals surface area contributed by atoms with Crippen LogP contribution in [0.5, 0.6) is 0 Å². The zero-order chi connectivity index (χ0) is 16.7. The maximum Gasteiger partial charge on any atom is 0.115 e. The highest BCUT2D eigenvalue weighted by Gasteiger charge is 2.17. The fourth-order valence-electron chi connectivity index (χ4n) is 3.14. The Kier molecular flexibility index (Phi) is 3.34. The molecular formula is C20H20N4. The van der Waals surface area contributed by atoms with E-state index in [-0.39, 0.29) is 5.41 Å². The fourth-order valence-corrected chi connectivity index (χ4v) is 3.14. The molecule has 0 saturated heterocycles. The molecule has 24 heavy (non-hydrogen) atoms. The molecule has 120 valence electrons. The number of aromatic nitrogens is 4. The number of hydrogen-bond acceptors (Lipinski definition) is 3. The zero-order valence-corrected chi connectivity index (χ0v) is 14.2. The highest BCUT2D eigenvalue weighted by molar-refractivity contribution is 6.04. The van der Waals surface area contributed by atoms with Crippen molar-refractivity contribution in [3.63, 3.8) is 0 Å². The van der Waals surface area contributed by atoms with Crippen molar-refractivity contribution in [3.05, 3.63) is 60.7 Å². The second-order valence-electron chi connectivity index (χ2n) is 7.33. The van der Waals surface area contributed by atoms with Crippen LogP contribution in [0.3, 0.4) is 0 Å². The van der Waals surface area contributed by atoms with E-state index in [1.807, 2.05) is 24.5 Å². The van der Waals surface area contributed by atoms with Gasteiger partial charge in [0.1, 0.15) is 11.0 Å². The molecule has 0 atom stereocenters. The molecule has 0 N–H and O–H groups in total. The van der Waals surface area contributed by atoms with E-state index in [1.165, 1.54) is 0 Å². The van der Waals surface area contributed by atoms with Gasteiger partial charge < -0.3 is 4.57 Å². The quantitative estimate of drug-likeness (QED) is 0.544. The van der Waals surface area contributed by atoms with Gasteiger partial charge >= 0.3 is 0 Å². The molecule has 4 aromatic rings. The molecule has 4 nitrogen and oxygen atoms in total. The Hall–Kier alpha value is -2.75. The molecule has 0 spiro atoms. The van der Waals surface area contributed by atoms with Gasteiger partial charge in [-0.1, -0.05) is 20.8 Å². The molecule has 0 aromatic carbocycles. The summed E-state index contributed by atoms with van der Waals surface area (Å²) in [5, 5.41) is 0. The van der Waals surface area contributed by atoms with Gasteiger partial charge in [-0.15, -0.1) is 0 Å². The first-order chi connectivity index (χ1) is 11.5. The fraction of sp³-hybridized carbons (Fsp3) is 0.250. The molecule has 0 unspecified atom stereocenters. The van der Waals surface area contributed by atoms with E-state index in [4.69, 9.17) is 4.98 Å². The average Bonchev–Trinajstić information content (AvgIpc) is 2.88. The van der Waals surface area contributed by atoms with Gasteiger partial charge in [-0.2, -0.15) is 0 Å². The summed E-state index contributed by atoms with van der Waals surface area (Å²) in [6.07, 6.45) is 6.42. The van der Waals surface area contributed by atoms with Crippen LogP contribution < -0.4 is 0 Å². The molecule has 0 amide bonds. The minimum Gasteiger partial charge on any atom is -0.304 e. The van der Waals surface area contributed by atoms with E-state index in [1.54, 1.807) is 6.20 Å². The van der Waals surface area contributed by atoms with Gasteiger partial charge in [0.2, 0.25) is 0 Å². The van der Waals surface area contributed by atoms with Gasteiger partial charge in [-0.05, 0) is 48.2 Å². The minimum absolute atomic E-state index is 0.204. The third-order valence-electron chi connectivity index (χ3n) is 4.04. The van der Waals surface area contributed by atoms with Gasteiger partial charge in [0.05, 0.1) is 22.9 Å². The van der Waals surface area contributed by atoms with Crippen LogP contribution in [0.4, 0.5) is 0 Å². The predicted octanol–water partition coefficient (Wildman–Crippen LogP) is 4.56. The Morgan fingerprint density at radius 3 is 2.46 bits per heavy atom. The highest BCUT2D eigenvalue weighted by atomic mass is 15.0. The lowest BCUT2D eigenvalue weighted by Gasteiger charge is -2.17. The monoisotopic (exact) mass is 316 g/mol. The Morgan fingerprint density at radius 1 is 0.917 bits per heavy atom. The molecule has 0 aliphatic heterocycles. The second kappa shape index (κ2) is 5.41. The Labute approximate surface area is 141 Å². The number of pyridine rings is 3. The maximum absolute atomic E-state index is 4.93. The van der Waals surface area contributed by atoms with Crippen LogP contribution in [0.25, 0.3) is 27.8 Å². The first-order valence-corrected chi connectivity index (χ1v) is 8.18. The maximum atomic E-state index is 4.93. The van der Waals surface area contributed by atoms with Crippen LogP contribution in [-0.2, 0) is 6.42 Å². The summed E-state index contributed by atoms with van der Waals surface area (Å²) in [5.74, 6) is 0. The summed E-state index contributed by atoms with van der Waals surface area (Å²) in [6.45, 7) is 6.70. The second-order valence-corrected chi connectivity index (χ2v) is 7.33. The van der Waals surface area contributed by atoms with Gasteiger partial charge in [-0.3, -0.25) is 9.97 Å². The number of hydrogen-bond donors (Lipinski definition) is 0. The van der Waals surface area contributed by atoms with Crippen molar-refractivity contribution in [2.24, 2.45) is 5.41 Å². The summed E-state index contributed by atoms with van der Waals surface area (Å²) >= 11 is 0. The van der Waals surface area contributed by atoms with Crippen molar-refractivity contribution in [3.8, 4) is 5.69 Å². The third kappa shape index (κ3) is 2.54. The van der Waals surface area contributed by atoms with Crippen molar-refractivity contribution in [1.29, 1.82) is 0 Å². The van der Waals surface area contributed by atoms with Gasteiger partial charge in [0, 0.05) is 18.1 Å². The van der Waals surface area contributed by atoms with Crippen LogP contribution in [0, 0.1) is 5.41 Å². The lowest BCUT2D eigenvalue weighted by Crippen LogP contribution is -2.10. The highest BCUT2D eigenvalue weighted by Crippen LogP contribution is 2.30. The molecule has 0 fully saturated rings. The van der Waals surface area contributed by atoms with Crippen LogP contribution >= 0.6 is 0 Å². The first-order valence-electron chi connectivity index (χ1n) is 8.18. The number of nitrogens with zero attached hydrogens (tertiary/aromatic N) is 4. The molecule has 0 saturated carbocycles. The molecule has 0 aliphatic rings. The Morgan fingerprint density at radius 2 is 1.71 bits per heavy atom. The molecular weight excluding hydrogens is 296 g/mol. The molecule has 0 bridgehead atoms. The Bertz CT molecular complexity index is 1010. The van der Waals surface area contributed by atoms with Crippen LogP contribution in [0.2, 0.25) is 0 Å². The van der Waals surface area contributed by atoms with E-state index in [0.29, 0.717) is 0 Å². The van der Waals surface area contributed by atoms with Crippen LogP contribution in [-0.4, -0.2) is 19.5 Å². The first kappa shape index (κ1) is 14.8. The smallest absolute Gasteiger partial charge is 0.115 e. The SMILES string of the molecule is CC(C)(C)Cc1ccc2c(n1)c1ncccc1n2-c1cccnc1. The zero-order valence-electron chi connectivity index (χ0n) is 14.2. The number of rotatable bonds is 2. The average molecular weight is 316 g/mol. The minimum atomic E-state index is 0.204. The van der Waals surface area contributed by atoms with E-state index < -0.39 is 0 Å². The van der Waals surface area contributed by atoms with E-state index in [9.17, 15) is 0 Å². The summed E-state index contributed by atoms with van der Waals surface area (Å²) in [4.78, 5) is 13.8.